The number of imide groups is 1. The van der Waals surface area contributed by atoms with E-state index in [-0.39, 0.29) is 10.6 Å². The van der Waals surface area contributed by atoms with Gasteiger partial charge < -0.3 is 5.73 Å². The second-order valence-corrected chi connectivity index (χ2v) is 3.85. The highest BCUT2D eigenvalue weighted by molar-refractivity contribution is 6.25. The van der Waals surface area contributed by atoms with Gasteiger partial charge in [-0.15, -0.1) is 0 Å². The van der Waals surface area contributed by atoms with E-state index in [1.807, 2.05) is 0 Å². The molecule has 6 nitrogen and oxygen atoms in total. The maximum atomic E-state index is 12.0. The lowest BCUT2D eigenvalue weighted by Gasteiger charge is -2.18. The molecule has 1 saturated heterocycles. The second-order valence-electron chi connectivity index (χ2n) is 3.85. The Balaban J connectivity index is 2.38. The molecule has 6 heteroatoms. The van der Waals surface area contributed by atoms with Crippen LogP contribution in [-0.2, 0) is 9.59 Å². The van der Waals surface area contributed by atoms with E-state index in [2.05, 4.69) is 0 Å². The molecular weight excluding hydrogens is 224 g/mol. The third kappa shape index (κ3) is 1.63. The Labute approximate surface area is 96.6 Å². The Bertz CT molecular complexity index is 499. The lowest BCUT2D eigenvalue weighted by atomic mass is 9.89. The van der Waals surface area contributed by atoms with Gasteiger partial charge in [-0.05, 0) is 0 Å². The highest BCUT2D eigenvalue weighted by Crippen LogP contribution is 2.24. The number of carbonyl (C=O) groups excluding carboxylic acids is 3. The highest BCUT2D eigenvalue weighted by Gasteiger charge is 2.54. The molecule has 1 unspecified atom stereocenters. The van der Waals surface area contributed by atoms with Gasteiger partial charge in [-0.25, -0.2) is 0 Å². The maximum absolute atomic E-state index is 12.0. The Hall–Kier alpha value is -2.05. The van der Waals surface area contributed by atoms with E-state index in [1.165, 1.54) is 12.1 Å². The van der Waals surface area contributed by atoms with E-state index >= 15 is 0 Å². The number of rotatable bonds is 2. The Morgan fingerprint density at radius 2 is 1.88 bits per heavy atom. The van der Waals surface area contributed by atoms with Crippen LogP contribution in [0.5, 0.6) is 0 Å². The molecule has 88 valence electrons. The third-order valence-corrected chi connectivity index (χ3v) is 2.68. The first-order valence-corrected chi connectivity index (χ1v) is 4.92. The molecule has 0 bridgehead atoms. The smallest absolute Gasteiger partial charge is 0.281 e. The first-order chi connectivity index (χ1) is 7.97. The van der Waals surface area contributed by atoms with Gasteiger partial charge in [0.2, 0.25) is 0 Å². The maximum Gasteiger partial charge on any atom is 0.281 e. The third-order valence-electron chi connectivity index (χ3n) is 2.68. The van der Waals surface area contributed by atoms with Gasteiger partial charge in [0.05, 0.1) is 6.42 Å². The molecule has 0 aromatic heterocycles. The molecule has 3 N–H and O–H groups in total. The first-order valence-electron chi connectivity index (χ1n) is 4.92. The zero-order valence-corrected chi connectivity index (χ0v) is 8.79. The van der Waals surface area contributed by atoms with Crippen molar-refractivity contribution in [3.63, 3.8) is 0 Å². The van der Waals surface area contributed by atoms with Gasteiger partial charge >= 0.3 is 0 Å². The summed E-state index contributed by atoms with van der Waals surface area (Å²) in [6.07, 6.45) is -0.518. The zero-order chi connectivity index (χ0) is 12.6. The fraction of sp³-hybridized carbons (Fsp3) is 0.182. The Morgan fingerprint density at radius 1 is 1.29 bits per heavy atom. The monoisotopic (exact) mass is 234 g/mol. The molecule has 0 aliphatic carbocycles. The fourth-order valence-corrected chi connectivity index (χ4v) is 1.72. The van der Waals surface area contributed by atoms with Crippen molar-refractivity contribution in [3.05, 3.63) is 35.9 Å². The molecule has 1 aromatic carbocycles. The van der Waals surface area contributed by atoms with E-state index in [1.54, 1.807) is 18.2 Å². The fourth-order valence-electron chi connectivity index (χ4n) is 1.72. The summed E-state index contributed by atoms with van der Waals surface area (Å²) in [6, 6.07) is 7.94. The van der Waals surface area contributed by atoms with Crippen molar-refractivity contribution in [1.82, 2.24) is 5.06 Å². The van der Waals surface area contributed by atoms with Gasteiger partial charge in [0.15, 0.2) is 11.3 Å². The molecular formula is C11H10N2O4. The van der Waals surface area contributed by atoms with E-state index in [0.717, 1.165) is 0 Å². The number of amides is 2. The molecule has 1 heterocycles. The summed E-state index contributed by atoms with van der Waals surface area (Å²) < 4.78 is 0. The second kappa shape index (κ2) is 3.76. The summed E-state index contributed by atoms with van der Waals surface area (Å²) in [6.45, 7) is 0. The van der Waals surface area contributed by atoms with Crippen LogP contribution in [-0.4, -0.2) is 33.4 Å². The summed E-state index contributed by atoms with van der Waals surface area (Å²) in [4.78, 5) is 34.8. The minimum Gasteiger partial charge on any atom is -0.310 e. The molecule has 0 spiro atoms. The summed E-state index contributed by atoms with van der Waals surface area (Å²) >= 11 is 0. The number of hydrogen-bond donors (Lipinski definition) is 2. The van der Waals surface area contributed by atoms with Gasteiger partial charge in [0.1, 0.15) is 0 Å². The predicted octanol–water partition coefficient (Wildman–Crippen LogP) is -0.285. The SMILES string of the molecule is NC1(C(=O)c2ccccc2)CC(=O)N(O)C1=O. The molecule has 1 aliphatic rings. The van der Waals surface area contributed by atoms with Gasteiger partial charge in [-0.3, -0.25) is 19.6 Å². The van der Waals surface area contributed by atoms with Crippen molar-refractivity contribution >= 4 is 17.6 Å². The number of hydrogen-bond acceptors (Lipinski definition) is 5. The van der Waals surface area contributed by atoms with Crippen molar-refractivity contribution < 1.29 is 19.6 Å². The van der Waals surface area contributed by atoms with Crippen LogP contribution in [0.25, 0.3) is 0 Å². The number of nitrogens with two attached hydrogens (primary N) is 1. The number of Topliss-reactive ketones (excluding diaryl/α,β-unsaturated/α-hetero) is 1. The minimum atomic E-state index is -1.99. The van der Waals surface area contributed by atoms with Gasteiger partial charge in [-0.1, -0.05) is 30.3 Å². The summed E-state index contributed by atoms with van der Waals surface area (Å²) in [5, 5.41) is 9.00. The quantitative estimate of drug-likeness (QED) is 0.317. The van der Waals surface area contributed by atoms with Gasteiger partial charge in [-0.2, -0.15) is 5.06 Å². The highest BCUT2D eigenvalue weighted by atomic mass is 16.5. The summed E-state index contributed by atoms with van der Waals surface area (Å²) in [7, 11) is 0. The van der Waals surface area contributed by atoms with Gasteiger partial charge in [0.25, 0.3) is 11.8 Å². The van der Waals surface area contributed by atoms with E-state index < -0.39 is 29.6 Å². The first kappa shape index (κ1) is 11.4. The van der Waals surface area contributed by atoms with Crippen molar-refractivity contribution in [3.8, 4) is 0 Å². The molecule has 2 amide bonds. The number of ketones is 1. The standard InChI is InChI=1S/C11H10N2O4/c12-11(6-8(14)13(17)10(11)16)9(15)7-4-2-1-3-5-7/h1-5,17H,6,12H2. The predicted molar refractivity (Wildman–Crippen MR) is 55.9 cm³/mol. The van der Waals surface area contributed by atoms with E-state index in [4.69, 9.17) is 10.9 Å². The van der Waals surface area contributed by atoms with Crippen LogP contribution < -0.4 is 5.73 Å². The van der Waals surface area contributed by atoms with Crippen LogP contribution in [0, 0.1) is 0 Å². The van der Waals surface area contributed by atoms with Crippen LogP contribution in [0.3, 0.4) is 0 Å². The molecule has 0 radical (unpaired) electrons. The number of carbonyl (C=O) groups is 3. The topological polar surface area (TPSA) is 101 Å². The Morgan fingerprint density at radius 3 is 2.35 bits per heavy atom. The largest absolute Gasteiger partial charge is 0.310 e. The number of nitrogens with zero attached hydrogens (tertiary/aromatic N) is 1. The molecule has 1 aliphatic heterocycles. The average Bonchev–Trinajstić information content (AvgIpc) is 2.55. The van der Waals surface area contributed by atoms with Crippen molar-refractivity contribution in [2.75, 3.05) is 0 Å². The summed E-state index contributed by atoms with van der Waals surface area (Å²) in [5.41, 5.74) is 3.87. The molecule has 1 atom stereocenters. The van der Waals surface area contributed by atoms with Crippen molar-refractivity contribution in [2.45, 2.75) is 12.0 Å². The molecule has 2 rings (SSSR count). The summed E-state index contributed by atoms with van der Waals surface area (Å²) in [5.74, 6) is -2.63. The van der Waals surface area contributed by atoms with Crippen LogP contribution in [0.15, 0.2) is 30.3 Å². The molecule has 1 fully saturated rings. The van der Waals surface area contributed by atoms with Crippen LogP contribution in [0.2, 0.25) is 0 Å². The number of benzene rings is 1. The van der Waals surface area contributed by atoms with Crippen molar-refractivity contribution in [1.29, 1.82) is 0 Å². The normalized spacial score (nSPS) is 24.2. The lowest BCUT2D eigenvalue weighted by molar-refractivity contribution is -0.172. The lowest BCUT2D eigenvalue weighted by Crippen LogP contribution is -2.54. The zero-order valence-electron chi connectivity index (χ0n) is 8.79. The van der Waals surface area contributed by atoms with Crippen molar-refractivity contribution in [2.24, 2.45) is 5.73 Å². The molecule has 1 aromatic rings. The van der Waals surface area contributed by atoms with Crippen LogP contribution in [0.4, 0.5) is 0 Å². The van der Waals surface area contributed by atoms with Crippen LogP contribution in [0.1, 0.15) is 16.8 Å². The minimum absolute atomic E-state index is 0.0964. The van der Waals surface area contributed by atoms with Gasteiger partial charge in [0, 0.05) is 5.56 Å². The molecule has 17 heavy (non-hydrogen) atoms. The average molecular weight is 234 g/mol. The molecule has 0 saturated carbocycles. The van der Waals surface area contributed by atoms with E-state index in [0.29, 0.717) is 0 Å². The van der Waals surface area contributed by atoms with Crippen LogP contribution >= 0.6 is 0 Å². The van der Waals surface area contributed by atoms with E-state index in [9.17, 15) is 14.4 Å². The Kier molecular flexibility index (Phi) is 2.53. The number of hydroxylamine groups is 2.